The molecule has 0 unspecified atom stereocenters. The molecule has 0 spiro atoms. The first-order chi connectivity index (χ1) is 11.3. The number of aromatic nitrogens is 4. The third-order valence-corrected chi connectivity index (χ3v) is 3.60. The molecule has 2 N–H and O–H groups in total. The first-order valence-electron chi connectivity index (χ1n) is 7.19. The zero-order valence-corrected chi connectivity index (χ0v) is 12.2. The number of pyridine rings is 2. The Labute approximate surface area is 132 Å². The van der Waals surface area contributed by atoms with Crippen LogP contribution in [-0.2, 0) is 0 Å². The van der Waals surface area contributed by atoms with Crippen LogP contribution in [0.15, 0.2) is 67.3 Å². The van der Waals surface area contributed by atoms with Crippen molar-refractivity contribution in [3.8, 4) is 22.5 Å². The van der Waals surface area contributed by atoms with Gasteiger partial charge in [-0.05, 0) is 30.3 Å². The maximum Gasteiger partial charge on any atom is 0.142 e. The van der Waals surface area contributed by atoms with Gasteiger partial charge in [0, 0.05) is 35.1 Å². The molecule has 5 nitrogen and oxygen atoms in total. The lowest BCUT2D eigenvalue weighted by Crippen LogP contribution is -1.98. The average molecular weight is 299 g/mol. The topological polar surface area (TPSA) is 77.6 Å². The van der Waals surface area contributed by atoms with Crippen molar-refractivity contribution in [3.05, 3.63) is 67.3 Å². The molecule has 3 aromatic heterocycles. The SMILES string of the molecule is Nc1cnc(-c2ccc3ncccc3c2)c(-c2cccnc2)n1. The molecule has 4 rings (SSSR count). The van der Waals surface area contributed by atoms with E-state index in [0.717, 1.165) is 33.4 Å². The lowest BCUT2D eigenvalue weighted by Gasteiger charge is -2.09. The summed E-state index contributed by atoms with van der Waals surface area (Å²) in [6.45, 7) is 0. The third kappa shape index (κ3) is 2.48. The number of hydrogen-bond acceptors (Lipinski definition) is 5. The molecule has 0 bridgehead atoms. The number of hydrogen-bond donors (Lipinski definition) is 1. The van der Waals surface area contributed by atoms with Crippen LogP contribution < -0.4 is 5.73 Å². The van der Waals surface area contributed by atoms with E-state index in [2.05, 4.69) is 26.0 Å². The van der Waals surface area contributed by atoms with Crippen LogP contribution in [0.2, 0.25) is 0 Å². The summed E-state index contributed by atoms with van der Waals surface area (Å²) in [6, 6.07) is 13.8. The molecule has 1 aromatic carbocycles. The van der Waals surface area contributed by atoms with Gasteiger partial charge in [-0.1, -0.05) is 12.1 Å². The van der Waals surface area contributed by atoms with Gasteiger partial charge in [0.15, 0.2) is 0 Å². The van der Waals surface area contributed by atoms with E-state index in [-0.39, 0.29) is 0 Å². The number of fused-ring (bicyclic) bond motifs is 1. The second kappa shape index (κ2) is 5.46. The van der Waals surface area contributed by atoms with Gasteiger partial charge in [-0.15, -0.1) is 0 Å². The van der Waals surface area contributed by atoms with Crippen LogP contribution in [0.25, 0.3) is 33.4 Å². The lowest BCUT2D eigenvalue weighted by atomic mass is 10.0. The molecule has 23 heavy (non-hydrogen) atoms. The van der Waals surface area contributed by atoms with E-state index >= 15 is 0 Å². The molecule has 3 heterocycles. The Morgan fingerprint density at radius 2 is 1.70 bits per heavy atom. The zero-order valence-electron chi connectivity index (χ0n) is 12.2. The average Bonchev–Trinajstić information content (AvgIpc) is 2.62. The maximum atomic E-state index is 5.83. The number of nitrogens with zero attached hydrogens (tertiary/aromatic N) is 4. The first kappa shape index (κ1) is 13.3. The first-order valence-corrected chi connectivity index (χ1v) is 7.19. The molecule has 5 heteroatoms. The number of nitrogen functional groups attached to an aromatic ring is 1. The van der Waals surface area contributed by atoms with E-state index in [1.54, 1.807) is 24.8 Å². The molecular weight excluding hydrogens is 286 g/mol. The van der Waals surface area contributed by atoms with Crippen molar-refractivity contribution in [3.63, 3.8) is 0 Å². The van der Waals surface area contributed by atoms with E-state index in [0.29, 0.717) is 5.82 Å². The summed E-state index contributed by atoms with van der Waals surface area (Å²) >= 11 is 0. The van der Waals surface area contributed by atoms with E-state index in [4.69, 9.17) is 5.73 Å². The highest BCUT2D eigenvalue weighted by molar-refractivity contribution is 5.87. The Hall–Kier alpha value is -3.34. The Balaban J connectivity index is 1.94. The third-order valence-electron chi connectivity index (χ3n) is 3.60. The molecular formula is C18H13N5. The molecule has 110 valence electrons. The fourth-order valence-electron chi connectivity index (χ4n) is 2.54. The predicted molar refractivity (Wildman–Crippen MR) is 90.4 cm³/mol. The summed E-state index contributed by atoms with van der Waals surface area (Å²) in [5, 5.41) is 1.06. The van der Waals surface area contributed by atoms with Crippen LogP contribution in [0, 0.1) is 0 Å². The van der Waals surface area contributed by atoms with Gasteiger partial charge < -0.3 is 5.73 Å². The largest absolute Gasteiger partial charge is 0.382 e. The van der Waals surface area contributed by atoms with Crippen molar-refractivity contribution in [2.75, 3.05) is 5.73 Å². The number of nitrogens with two attached hydrogens (primary N) is 1. The van der Waals surface area contributed by atoms with Gasteiger partial charge in [0.05, 0.1) is 17.4 Å². The van der Waals surface area contributed by atoms with Gasteiger partial charge in [-0.3, -0.25) is 15.0 Å². The molecule has 0 aliphatic heterocycles. The Morgan fingerprint density at radius 3 is 2.57 bits per heavy atom. The monoisotopic (exact) mass is 299 g/mol. The Kier molecular flexibility index (Phi) is 3.16. The molecule has 0 aliphatic carbocycles. The van der Waals surface area contributed by atoms with Crippen LogP contribution in [0.5, 0.6) is 0 Å². The van der Waals surface area contributed by atoms with Crippen molar-refractivity contribution >= 4 is 16.7 Å². The predicted octanol–water partition coefficient (Wildman–Crippen LogP) is 3.34. The smallest absolute Gasteiger partial charge is 0.142 e. The van der Waals surface area contributed by atoms with Gasteiger partial charge in [-0.25, -0.2) is 4.98 Å². The highest BCUT2D eigenvalue weighted by Gasteiger charge is 2.12. The Bertz CT molecular complexity index is 983. The van der Waals surface area contributed by atoms with Gasteiger partial charge in [0.25, 0.3) is 0 Å². The number of benzene rings is 1. The van der Waals surface area contributed by atoms with Gasteiger partial charge >= 0.3 is 0 Å². The summed E-state index contributed by atoms with van der Waals surface area (Å²) in [6.07, 6.45) is 6.84. The van der Waals surface area contributed by atoms with Crippen LogP contribution in [0.1, 0.15) is 0 Å². The van der Waals surface area contributed by atoms with Gasteiger partial charge in [-0.2, -0.15) is 0 Å². The van der Waals surface area contributed by atoms with Crippen molar-refractivity contribution < 1.29 is 0 Å². The molecule has 0 aliphatic rings. The number of anilines is 1. The normalized spacial score (nSPS) is 10.8. The van der Waals surface area contributed by atoms with Crippen molar-refractivity contribution in [2.24, 2.45) is 0 Å². The summed E-state index contributed by atoms with van der Waals surface area (Å²) in [5.74, 6) is 0.384. The van der Waals surface area contributed by atoms with E-state index in [1.165, 1.54) is 0 Å². The quantitative estimate of drug-likeness (QED) is 0.614. The van der Waals surface area contributed by atoms with Crippen molar-refractivity contribution in [1.29, 1.82) is 0 Å². The lowest BCUT2D eigenvalue weighted by molar-refractivity contribution is 1.21. The summed E-state index contributed by atoms with van der Waals surface area (Å²) in [5.41, 5.74) is 10.1. The molecule has 0 amide bonds. The minimum Gasteiger partial charge on any atom is -0.382 e. The maximum absolute atomic E-state index is 5.83. The van der Waals surface area contributed by atoms with Crippen molar-refractivity contribution in [1.82, 2.24) is 19.9 Å². The fraction of sp³-hybridized carbons (Fsp3) is 0. The summed E-state index contributed by atoms with van der Waals surface area (Å²) < 4.78 is 0. The molecule has 0 fully saturated rings. The standard InChI is InChI=1S/C18H13N5/c19-16-11-22-17(18(23-16)14-4-1-7-20-10-14)13-5-6-15-12(9-13)3-2-8-21-15/h1-11H,(H2,19,23). The van der Waals surface area contributed by atoms with E-state index in [9.17, 15) is 0 Å². The second-order valence-electron chi connectivity index (χ2n) is 5.14. The molecule has 0 saturated heterocycles. The van der Waals surface area contributed by atoms with Crippen LogP contribution >= 0.6 is 0 Å². The van der Waals surface area contributed by atoms with Gasteiger partial charge in [0.2, 0.25) is 0 Å². The summed E-state index contributed by atoms with van der Waals surface area (Å²) in [7, 11) is 0. The second-order valence-corrected chi connectivity index (χ2v) is 5.14. The number of rotatable bonds is 2. The minimum atomic E-state index is 0.384. The zero-order chi connectivity index (χ0) is 15.6. The van der Waals surface area contributed by atoms with Crippen LogP contribution in [0.3, 0.4) is 0 Å². The highest BCUT2D eigenvalue weighted by atomic mass is 14.9. The Morgan fingerprint density at radius 1 is 0.783 bits per heavy atom. The molecule has 0 atom stereocenters. The van der Waals surface area contributed by atoms with Crippen LogP contribution in [-0.4, -0.2) is 19.9 Å². The van der Waals surface area contributed by atoms with Crippen LogP contribution in [0.4, 0.5) is 5.82 Å². The van der Waals surface area contributed by atoms with Crippen molar-refractivity contribution in [2.45, 2.75) is 0 Å². The molecule has 0 radical (unpaired) electrons. The van der Waals surface area contributed by atoms with Gasteiger partial charge in [0.1, 0.15) is 11.5 Å². The van der Waals surface area contributed by atoms with E-state index in [1.807, 2.05) is 36.4 Å². The van der Waals surface area contributed by atoms with E-state index < -0.39 is 0 Å². The highest BCUT2D eigenvalue weighted by Crippen LogP contribution is 2.30. The minimum absolute atomic E-state index is 0.384. The molecule has 4 aromatic rings. The fourth-order valence-corrected chi connectivity index (χ4v) is 2.54. The molecule has 0 saturated carbocycles. The summed E-state index contributed by atoms with van der Waals surface area (Å²) in [4.78, 5) is 17.5.